The standard InChI is InChI=1S/C26H29F3N2O3/c1-3-4-5-6-7-8-14-34-23-13-12-19(16-24(23)33-2)15-20(18-30)25(32)31-22-11-9-10-21(17-22)26(27,28)29/h9-13,15-17H,3-8,14H2,1-2H3,(H,31,32)/b20-15+. The third kappa shape index (κ3) is 8.47. The van der Waals surface area contributed by atoms with Gasteiger partial charge in [0.1, 0.15) is 11.6 Å². The molecule has 0 fully saturated rings. The maximum Gasteiger partial charge on any atom is 0.416 e. The number of methoxy groups -OCH3 is 1. The summed E-state index contributed by atoms with van der Waals surface area (Å²) in [4.78, 5) is 12.5. The first-order valence-corrected chi connectivity index (χ1v) is 11.2. The SMILES string of the molecule is CCCCCCCCOc1ccc(/C=C(\C#N)C(=O)Nc2cccc(C(F)(F)F)c2)cc1OC. The van der Waals surface area contributed by atoms with Crippen molar-refractivity contribution >= 4 is 17.7 Å². The van der Waals surface area contributed by atoms with E-state index in [9.17, 15) is 23.2 Å². The summed E-state index contributed by atoms with van der Waals surface area (Å²) < 4.78 is 49.8. The number of hydrogen-bond donors (Lipinski definition) is 1. The van der Waals surface area contributed by atoms with Crippen LogP contribution in [0.2, 0.25) is 0 Å². The fourth-order valence-electron chi connectivity index (χ4n) is 3.24. The first-order chi connectivity index (χ1) is 16.3. The molecule has 0 aliphatic carbocycles. The van der Waals surface area contributed by atoms with E-state index in [-0.39, 0.29) is 11.3 Å². The van der Waals surface area contributed by atoms with Crippen LogP contribution >= 0.6 is 0 Å². The summed E-state index contributed by atoms with van der Waals surface area (Å²) in [7, 11) is 1.49. The number of nitriles is 1. The van der Waals surface area contributed by atoms with Gasteiger partial charge in [-0.05, 0) is 48.4 Å². The van der Waals surface area contributed by atoms with Gasteiger partial charge in [-0.15, -0.1) is 0 Å². The van der Waals surface area contributed by atoms with Crippen molar-refractivity contribution in [1.82, 2.24) is 0 Å². The molecule has 0 radical (unpaired) electrons. The molecule has 0 spiro atoms. The van der Waals surface area contributed by atoms with Crippen LogP contribution in [-0.2, 0) is 11.0 Å². The van der Waals surface area contributed by atoms with E-state index in [2.05, 4.69) is 12.2 Å². The van der Waals surface area contributed by atoms with Crippen LogP contribution in [0.4, 0.5) is 18.9 Å². The van der Waals surface area contributed by atoms with E-state index in [1.807, 2.05) is 0 Å². The van der Waals surface area contributed by atoms with Crippen molar-refractivity contribution in [2.45, 2.75) is 51.6 Å². The number of unbranched alkanes of at least 4 members (excludes halogenated alkanes) is 5. The molecule has 1 N–H and O–H groups in total. The fourth-order valence-corrected chi connectivity index (χ4v) is 3.24. The van der Waals surface area contributed by atoms with Crippen molar-refractivity contribution < 1.29 is 27.4 Å². The summed E-state index contributed by atoms with van der Waals surface area (Å²) in [5.74, 6) is 0.194. The number of rotatable bonds is 12. The molecule has 0 saturated carbocycles. The van der Waals surface area contributed by atoms with Crippen molar-refractivity contribution in [2.75, 3.05) is 19.0 Å². The Bertz CT molecular complexity index is 1030. The Morgan fingerprint density at radius 2 is 1.79 bits per heavy atom. The number of amides is 1. The Morgan fingerprint density at radius 3 is 2.47 bits per heavy atom. The lowest BCUT2D eigenvalue weighted by molar-refractivity contribution is -0.137. The van der Waals surface area contributed by atoms with Gasteiger partial charge in [0.05, 0.1) is 19.3 Å². The highest BCUT2D eigenvalue weighted by Gasteiger charge is 2.30. The third-order valence-corrected chi connectivity index (χ3v) is 5.07. The van der Waals surface area contributed by atoms with Gasteiger partial charge in [-0.1, -0.05) is 51.2 Å². The number of carbonyl (C=O) groups excluding carboxylic acids is 1. The van der Waals surface area contributed by atoms with Gasteiger partial charge in [0.2, 0.25) is 0 Å². The molecule has 0 aromatic heterocycles. The monoisotopic (exact) mass is 474 g/mol. The second kappa shape index (κ2) is 13.3. The number of anilines is 1. The van der Waals surface area contributed by atoms with Crippen molar-refractivity contribution in [3.8, 4) is 17.6 Å². The quantitative estimate of drug-likeness (QED) is 0.204. The summed E-state index contributed by atoms with van der Waals surface area (Å²) in [6.45, 7) is 2.73. The third-order valence-electron chi connectivity index (χ3n) is 5.07. The molecule has 2 aromatic rings. The first kappa shape index (κ1) is 26.8. The van der Waals surface area contributed by atoms with Crippen molar-refractivity contribution in [1.29, 1.82) is 5.26 Å². The molecule has 0 atom stereocenters. The number of nitrogens with zero attached hydrogens (tertiary/aromatic N) is 1. The smallest absolute Gasteiger partial charge is 0.416 e. The molecule has 0 aliphatic rings. The molecule has 182 valence electrons. The number of halogens is 3. The highest BCUT2D eigenvalue weighted by atomic mass is 19.4. The van der Waals surface area contributed by atoms with E-state index < -0.39 is 17.6 Å². The zero-order valence-electron chi connectivity index (χ0n) is 19.4. The molecule has 2 rings (SSSR count). The average Bonchev–Trinajstić information content (AvgIpc) is 2.82. The van der Waals surface area contributed by atoms with E-state index in [1.165, 1.54) is 51.0 Å². The number of ether oxygens (including phenoxy) is 2. The maximum atomic E-state index is 12.9. The number of nitrogens with one attached hydrogen (secondary N) is 1. The van der Waals surface area contributed by atoms with Crippen LogP contribution in [0.1, 0.15) is 56.6 Å². The molecule has 5 nitrogen and oxygen atoms in total. The normalized spacial score (nSPS) is 11.6. The number of carbonyl (C=O) groups is 1. The molecule has 8 heteroatoms. The van der Waals surface area contributed by atoms with Crippen LogP contribution in [0.3, 0.4) is 0 Å². The zero-order valence-corrected chi connectivity index (χ0v) is 19.4. The average molecular weight is 475 g/mol. The Labute approximate surface area is 198 Å². The van der Waals surface area contributed by atoms with Gasteiger partial charge in [0.15, 0.2) is 11.5 Å². The Kier molecular flexibility index (Phi) is 10.5. The van der Waals surface area contributed by atoms with Crippen LogP contribution < -0.4 is 14.8 Å². The Balaban J connectivity index is 2.05. The lowest BCUT2D eigenvalue weighted by Gasteiger charge is -2.12. The van der Waals surface area contributed by atoms with Gasteiger partial charge in [-0.2, -0.15) is 18.4 Å². The van der Waals surface area contributed by atoms with E-state index in [0.717, 1.165) is 25.0 Å². The minimum atomic E-state index is -4.54. The van der Waals surface area contributed by atoms with E-state index >= 15 is 0 Å². The summed E-state index contributed by atoms with van der Waals surface area (Å²) >= 11 is 0. The van der Waals surface area contributed by atoms with Crippen molar-refractivity contribution in [3.63, 3.8) is 0 Å². The van der Waals surface area contributed by atoms with Gasteiger partial charge >= 0.3 is 6.18 Å². The largest absolute Gasteiger partial charge is 0.493 e. The van der Waals surface area contributed by atoms with Crippen LogP contribution in [0.25, 0.3) is 6.08 Å². The number of alkyl halides is 3. The van der Waals surface area contributed by atoms with E-state index in [0.29, 0.717) is 23.7 Å². The fraction of sp³-hybridized carbons (Fsp3) is 0.385. The van der Waals surface area contributed by atoms with Crippen molar-refractivity contribution in [3.05, 3.63) is 59.2 Å². The van der Waals surface area contributed by atoms with E-state index in [4.69, 9.17) is 9.47 Å². The first-order valence-electron chi connectivity index (χ1n) is 11.2. The minimum absolute atomic E-state index is 0.0583. The number of benzene rings is 2. The van der Waals surface area contributed by atoms with Gasteiger partial charge in [-0.3, -0.25) is 4.79 Å². The topological polar surface area (TPSA) is 71.3 Å². The van der Waals surface area contributed by atoms with Crippen LogP contribution in [-0.4, -0.2) is 19.6 Å². The molecule has 0 aliphatic heterocycles. The maximum absolute atomic E-state index is 12.9. The summed E-state index contributed by atoms with van der Waals surface area (Å²) in [5, 5.41) is 11.7. The Hall–Kier alpha value is -3.47. The summed E-state index contributed by atoms with van der Waals surface area (Å²) in [5.41, 5.74) is -0.703. The summed E-state index contributed by atoms with van der Waals surface area (Å²) in [6.07, 6.45) is 3.67. The highest BCUT2D eigenvalue weighted by Crippen LogP contribution is 2.31. The van der Waals surface area contributed by atoms with Gasteiger partial charge in [-0.25, -0.2) is 0 Å². The Morgan fingerprint density at radius 1 is 1.06 bits per heavy atom. The van der Waals surface area contributed by atoms with Crippen LogP contribution in [0.15, 0.2) is 48.0 Å². The van der Waals surface area contributed by atoms with Gasteiger partial charge in [0.25, 0.3) is 5.91 Å². The number of hydrogen-bond acceptors (Lipinski definition) is 4. The highest BCUT2D eigenvalue weighted by molar-refractivity contribution is 6.09. The molecular weight excluding hydrogens is 445 g/mol. The molecule has 34 heavy (non-hydrogen) atoms. The second-order valence-corrected chi connectivity index (χ2v) is 7.73. The molecular formula is C26H29F3N2O3. The molecule has 2 aromatic carbocycles. The molecule has 1 amide bonds. The minimum Gasteiger partial charge on any atom is -0.493 e. The van der Waals surface area contributed by atoms with Gasteiger partial charge in [0, 0.05) is 5.69 Å². The predicted molar refractivity (Wildman–Crippen MR) is 126 cm³/mol. The van der Waals surface area contributed by atoms with Gasteiger partial charge < -0.3 is 14.8 Å². The second-order valence-electron chi connectivity index (χ2n) is 7.73. The lowest BCUT2D eigenvalue weighted by Crippen LogP contribution is -2.14. The predicted octanol–water partition coefficient (Wildman–Crippen LogP) is 7.00. The summed E-state index contributed by atoms with van der Waals surface area (Å²) in [6, 6.07) is 11.0. The van der Waals surface area contributed by atoms with Crippen LogP contribution in [0.5, 0.6) is 11.5 Å². The molecule has 0 bridgehead atoms. The zero-order chi connectivity index (χ0) is 25.0. The van der Waals surface area contributed by atoms with Crippen LogP contribution in [0, 0.1) is 11.3 Å². The molecule has 0 unspecified atom stereocenters. The van der Waals surface area contributed by atoms with Crippen molar-refractivity contribution in [2.24, 2.45) is 0 Å². The lowest BCUT2D eigenvalue weighted by atomic mass is 10.1. The molecule has 0 heterocycles. The molecule has 0 saturated heterocycles. The van der Waals surface area contributed by atoms with E-state index in [1.54, 1.807) is 24.3 Å².